The van der Waals surface area contributed by atoms with Gasteiger partial charge in [-0.1, -0.05) is 0 Å². The van der Waals surface area contributed by atoms with Gasteiger partial charge in [0.2, 0.25) is 0 Å². The van der Waals surface area contributed by atoms with Gasteiger partial charge >= 0.3 is 11.6 Å². The van der Waals surface area contributed by atoms with Crippen LogP contribution in [0.4, 0.5) is 0 Å². The van der Waals surface area contributed by atoms with Crippen molar-refractivity contribution in [3.05, 3.63) is 39.7 Å². The number of fused-ring (bicyclic) bond motifs is 3. The Balaban J connectivity index is 2.06. The van der Waals surface area contributed by atoms with Gasteiger partial charge in [0.05, 0.1) is 0 Å². The monoisotopic (exact) mass is 274 g/mol. The summed E-state index contributed by atoms with van der Waals surface area (Å²) in [5.41, 5.74) is 1.97. The van der Waals surface area contributed by atoms with Gasteiger partial charge in [0, 0.05) is 17.0 Å². The molecule has 1 heterocycles. The van der Waals surface area contributed by atoms with E-state index in [1.54, 1.807) is 12.1 Å². The third-order valence-corrected chi connectivity index (χ3v) is 3.61. The molecule has 3 rings (SSSR count). The molecule has 5 heteroatoms. The van der Waals surface area contributed by atoms with Crippen molar-refractivity contribution in [1.29, 1.82) is 0 Å². The Morgan fingerprint density at radius 1 is 1.35 bits per heavy atom. The Hall–Kier alpha value is -2.30. The molecule has 1 atom stereocenters. The number of aliphatic carboxylic acids is 1. The van der Waals surface area contributed by atoms with E-state index in [4.69, 9.17) is 14.3 Å². The molecule has 0 saturated heterocycles. The Morgan fingerprint density at radius 3 is 2.85 bits per heavy atom. The van der Waals surface area contributed by atoms with Gasteiger partial charge in [-0.25, -0.2) is 9.59 Å². The second-order valence-corrected chi connectivity index (χ2v) is 4.96. The lowest BCUT2D eigenvalue weighted by Crippen LogP contribution is -2.22. The Morgan fingerprint density at radius 2 is 2.10 bits per heavy atom. The van der Waals surface area contributed by atoms with Crippen molar-refractivity contribution in [3.8, 4) is 5.75 Å². The van der Waals surface area contributed by atoms with Crippen LogP contribution in [0.2, 0.25) is 0 Å². The summed E-state index contributed by atoms with van der Waals surface area (Å²) in [4.78, 5) is 22.6. The minimum absolute atomic E-state index is 0.298. The first-order chi connectivity index (χ1) is 9.56. The van der Waals surface area contributed by atoms with Crippen molar-refractivity contribution in [1.82, 2.24) is 0 Å². The van der Waals surface area contributed by atoms with Gasteiger partial charge < -0.3 is 14.3 Å². The normalized spacial score (nSPS) is 15.1. The Kier molecular flexibility index (Phi) is 2.97. The van der Waals surface area contributed by atoms with Crippen LogP contribution in [0.15, 0.2) is 27.4 Å². The molecule has 0 unspecified atom stereocenters. The van der Waals surface area contributed by atoms with Gasteiger partial charge in [-0.3, -0.25) is 0 Å². The van der Waals surface area contributed by atoms with Gasteiger partial charge in [-0.15, -0.1) is 0 Å². The molecule has 1 aliphatic carbocycles. The molecule has 1 aromatic carbocycles. The number of ether oxygens (including phenoxy) is 1. The Bertz CT molecular complexity index is 744. The summed E-state index contributed by atoms with van der Waals surface area (Å²) in [6, 6.07) is 5.11. The second kappa shape index (κ2) is 4.67. The third kappa shape index (κ3) is 2.05. The highest BCUT2D eigenvalue weighted by Crippen LogP contribution is 2.29. The summed E-state index contributed by atoms with van der Waals surface area (Å²) in [5.74, 6) is -0.658. The fourth-order valence-corrected chi connectivity index (χ4v) is 2.59. The average molecular weight is 274 g/mol. The van der Waals surface area contributed by atoms with E-state index in [-0.39, 0.29) is 5.63 Å². The van der Waals surface area contributed by atoms with Crippen LogP contribution < -0.4 is 10.4 Å². The quantitative estimate of drug-likeness (QED) is 0.868. The molecule has 2 aromatic rings. The van der Waals surface area contributed by atoms with Crippen LogP contribution in [0.25, 0.3) is 11.0 Å². The second-order valence-electron chi connectivity index (χ2n) is 4.96. The van der Waals surface area contributed by atoms with Crippen LogP contribution in [0, 0.1) is 0 Å². The predicted octanol–water partition coefficient (Wildman–Crippen LogP) is 2.13. The van der Waals surface area contributed by atoms with Crippen LogP contribution >= 0.6 is 0 Å². The topological polar surface area (TPSA) is 76.7 Å². The molecule has 0 amide bonds. The minimum atomic E-state index is -1.04. The highest BCUT2D eigenvalue weighted by molar-refractivity contribution is 5.83. The number of benzene rings is 1. The van der Waals surface area contributed by atoms with Crippen LogP contribution in [0.5, 0.6) is 5.75 Å². The molecular weight excluding hydrogens is 260 g/mol. The molecule has 0 spiro atoms. The molecule has 104 valence electrons. The maximum Gasteiger partial charge on any atom is 0.344 e. The number of hydrogen-bond acceptors (Lipinski definition) is 4. The highest BCUT2D eigenvalue weighted by atomic mass is 16.5. The maximum absolute atomic E-state index is 11.9. The number of aryl methyl sites for hydroxylation is 1. The zero-order valence-electron chi connectivity index (χ0n) is 11.0. The minimum Gasteiger partial charge on any atom is -0.479 e. The lowest BCUT2D eigenvalue weighted by atomic mass is 10.1. The fourth-order valence-electron chi connectivity index (χ4n) is 2.59. The summed E-state index contributed by atoms with van der Waals surface area (Å²) in [7, 11) is 0. The first kappa shape index (κ1) is 12.7. The molecule has 0 saturated carbocycles. The summed E-state index contributed by atoms with van der Waals surface area (Å²) in [6.07, 6.45) is 1.66. The highest BCUT2D eigenvalue weighted by Gasteiger charge is 2.20. The summed E-state index contributed by atoms with van der Waals surface area (Å²) in [6.45, 7) is 1.45. The van der Waals surface area contributed by atoms with Crippen molar-refractivity contribution in [2.45, 2.75) is 32.3 Å². The SMILES string of the molecule is C[C@H](Oc1ccc2c3c(c(=O)oc2c1)CCC3)C(=O)O. The van der Waals surface area contributed by atoms with Crippen LogP contribution in [-0.4, -0.2) is 17.2 Å². The number of carboxylic acids is 1. The Labute approximate surface area is 114 Å². The summed E-state index contributed by atoms with van der Waals surface area (Å²) >= 11 is 0. The van der Waals surface area contributed by atoms with E-state index in [1.807, 2.05) is 6.07 Å². The average Bonchev–Trinajstić information content (AvgIpc) is 2.88. The summed E-state index contributed by atoms with van der Waals surface area (Å²) < 4.78 is 10.6. The number of carbonyl (C=O) groups is 1. The van der Waals surface area contributed by atoms with E-state index < -0.39 is 12.1 Å². The van der Waals surface area contributed by atoms with E-state index in [9.17, 15) is 9.59 Å². The van der Waals surface area contributed by atoms with Crippen molar-refractivity contribution in [2.24, 2.45) is 0 Å². The van der Waals surface area contributed by atoms with Gasteiger partial charge in [-0.2, -0.15) is 0 Å². The van der Waals surface area contributed by atoms with Gasteiger partial charge in [0.1, 0.15) is 11.3 Å². The van der Waals surface area contributed by atoms with Gasteiger partial charge in [0.25, 0.3) is 0 Å². The largest absolute Gasteiger partial charge is 0.479 e. The zero-order valence-corrected chi connectivity index (χ0v) is 11.0. The molecule has 1 N–H and O–H groups in total. The number of rotatable bonds is 3. The first-order valence-corrected chi connectivity index (χ1v) is 6.54. The van der Waals surface area contributed by atoms with Crippen molar-refractivity contribution in [3.63, 3.8) is 0 Å². The van der Waals surface area contributed by atoms with Crippen molar-refractivity contribution in [2.75, 3.05) is 0 Å². The predicted molar refractivity (Wildman–Crippen MR) is 72.2 cm³/mol. The molecule has 1 aliphatic rings. The fraction of sp³-hybridized carbons (Fsp3) is 0.333. The zero-order chi connectivity index (χ0) is 14.3. The lowest BCUT2D eigenvalue weighted by molar-refractivity contribution is -0.144. The number of carboxylic acid groups (broad SMARTS) is 1. The van der Waals surface area contributed by atoms with Crippen LogP contribution in [0.3, 0.4) is 0 Å². The van der Waals surface area contributed by atoms with Crippen molar-refractivity contribution < 1.29 is 19.1 Å². The first-order valence-electron chi connectivity index (χ1n) is 6.54. The number of hydrogen-bond donors (Lipinski definition) is 1. The standard InChI is InChI=1S/C15H14O5/c1-8(14(16)17)19-9-5-6-11-10-3-2-4-12(10)15(18)20-13(11)7-9/h5-8H,2-4H2,1H3,(H,16,17)/t8-/m0/s1. The molecule has 1 aromatic heterocycles. The van der Waals surface area contributed by atoms with E-state index in [2.05, 4.69) is 0 Å². The van der Waals surface area contributed by atoms with Crippen molar-refractivity contribution >= 4 is 16.9 Å². The molecule has 0 aliphatic heterocycles. The van der Waals surface area contributed by atoms with Gasteiger partial charge in [0.15, 0.2) is 6.10 Å². The molecule has 0 fully saturated rings. The van der Waals surface area contributed by atoms with E-state index >= 15 is 0 Å². The van der Waals surface area contributed by atoms with E-state index in [0.717, 1.165) is 35.8 Å². The molecular formula is C15H14O5. The molecule has 5 nitrogen and oxygen atoms in total. The maximum atomic E-state index is 11.9. The third-order valence-electron chi connectivity index (χ3n) is 3.61. The van der Waals surface area contributed by atoms with E-state index in [0.29, 0.717) is 11.3 Å². The van der Waals surface area contributed by atoms with E-state index in [1.165, 1.54) is 6.92 Å². The van der Waals surface area contributed by atoms with Crippen LogP contribution in [-0.2, 0) is 17.6 Å². The molecule has 0 radical (unpaired) electrons. The van der Waals surface area contributed by atoms with Gasteiger partial charge in [-0.05, 0) is 43.9 Å². The lowest BCUT2D eigenvalue weighted by Gasteiger charge is -2.11. The van der Waals surface area contributed by atoms with Crippen LogP contribution in [0.1, 0.15) is 24.5 Å². The summed E-state index contributed by atoms with van der Waals surface area (Å²) in [5, 5.41) is 9.74. The molecule has 20 heavy (non-hydrogen) atoms. The smallest absolute Gasteiger partial charge is 0.344 e. The molecule has 0 bridgehead atoms.